The molecule has 18 heavy (non-hydrogen) atoms. The summed E-state index contributed by atoms with van der Waals surface area (Å²) in [6.45, 7) is 2.66. The first-order valence-corrected chi connectivity index (χ1v) is 5.83. The van der Waals surface area contributed by atoms with Crippen LogP contribution in [-0.2, 0) is 9.53 Å². The minimum atomic E-state index is -0.416. The van der Waals surface area contributed by atoms with Gasteiger partial charge in [0.15, 0.2) is 6.61 Å². The maximum atomic E-state index is 11.7. The molecule has 2 rings (SSSR count). The van der Waals surface area contributed by atoms with Crippen LogP contribution in [0.2, 0.25) is 0 Å². The molecular weight excluding hydrogens is 234 g/mol. The number of rotatable bonds is 3. The Kier molecular flexibility index (Phi) is 3.50. The van der Waals surface area contributed by atoms with Gasteiger partial charge in [0, 0.05) is 6.54 Å². The van der Waals surface area contributed by atoms with Gasteiger partial charge in [0.1, 0.15) is 5.75 Å². The molecule has 0 N–H and O–H groups in total. The van der Waals surface area contributed by atoms with Crippen LogP contribution >= 0.6 is 0 Å². The third-order valence-corrected chi connectivity index (χ3v) is 2.77. The number of anilines is 1. The Hall–Kier alpha value is -2.04. The quantitative estimate of drug-likeness (QED) is 0.764. The van der Waals surface area contributed by atoms with Crippen molar-refractivity contribution in [3.05, 3.63) is 23.8 Å². The van der Waals surface area contributed by atoms with Gasteiger partial charge in [0.2, 0.25) is 0 Å². The molecule has 1 aliphatic heterocycles. The molecule has 5 nitrogen and oxygen atoms in total. The second kappa shape index (κ2) is 5.08. The molecule has 0 bridgehead atoms. The number of nitrogens with zero attached hydrogens (tertiary/aromatic N) is 1. The number of benzene rings is 1. The summed E-state index contributed by atoms with van der Waals surface area (Å²) in [5.41, 5.74) is 1.13. The summed E-state index contributed by atoms with van der Waals surface area (Å²) in [7, 11) is 1.33. The van der Waals surface area contributed by atoms with E-state index in [0.29, 0.717) is 23.5 Å². The number of esters is 1. The van der Waals surface area contributed by atoms with Crippen LogP contribution in [0.25, 0.3) is 0 Å². The molecule has 0 aliphatic carbocycles. The minimum absolute atomic E-state index is 0.0115. The van der Waals surface area contributed by atoms with E-state index in [1.807, 2.05) is 6.92 Å². The van der Waals surface area contributed by atoms with Crippen LogP contribution in [0.4, 0.5) is 5.69 Å². The van der Waals surface area contributed by atoms with E-state index in [2.05, 4.69) is 4.74 Å². The molecule has 0 saturated heterocycles. The molecule has 0 radical (unpaired) electrons. The van der Waals surface area contributed by atoms with Crippen molar-refractivity contribution in [1.82, 2.24) is 0 Å². The van der Waals surface area contributed by atoms with Gasteiger partial charge in [-0.25, -0.2) is 4.79 Å². The zero-order chi connectivity index (χ0) is 13.1. The molecule has 0 fully saturated rings. The normalized spacial score (nSPS) is 13.9. The SMILES string of the molecule is CCCN1C(=O)COc2cc(C(=O)OC)ccc21. The lowest BCUT2D eigenvalue weighted by Gasteiger charge is -2.29. The molecule has 5 heteroatoms. The van der Waals surface area contributed by atoms with Gasteiger partial charge in [-0.2, -0.15) is 0 Å². The average Bonchev–Trinajstić information content (AvgIpc) is 2.40. The first kappa shape index (κ1) is 12.4. The van der Waals surface area contributed by atoms with Crippen molar-refractivity contribution in [3.8, 4) is 5.75 Å². The molecule has 1 heterocycles. The first-order valence-electron chi connectivity index (χ1n) is 5.83. The van der Waals surface area contributed by atoms with E-state index < -0.39 is 5.97 Å². The van der Waals surface area contributed by atoms with Crippen LogP contribution in [-0.4, -0.2) is 32.1 Å². The highest BCUT2D eigenvalue weighted by Crippen LogP contribution is 2.33. The first-order chi connectivity index (χ1) is 8.67. The zero-order valence-electron chi connectivity index (χ0n) is 10.4. The van der Waals surface area contributed by atoms with Gasteiger partial charge in [-0.05, 0) is 24.6 Å². The predicted octanol–water partition coefficient (Wildman–Crippen LogP) is 1.61. The lowest BCUT2D eigenvalue weighted by Crippen LogP contribution is -2.39. The van der Waals surface area contributed by atoms with Crippen LogP contribution in [0.3, 0.4) is 0 Å². The summed E-state index contributed by atoms with van der Waals surface area (Å²) in [4.78, 5) is 24.8. The lowest BCUT2D eigenvalue weighted by atomic mass is 10.1. The number of hydrogen-bond acceptors (Lipinski definition) is 4. The van der Waals surface area contributed by atoms with Crippen LogP contribution in [0.5, 0.6) is 5.75 Å². The van der Waals surface area contributed by atoms with E-state index in [0.717, 1.165) is 6.42 Å². The highest BCUT2D eigenvalue weighted by atomic mass is 16.5. The Morgan fingerprint density at radius 1 is 1.50 bits per heavy atom. The van der Waals surface area contributed by atoms with E-state index >= 15 is 0 Å². The molecule has 0 saturated carbocycles. The minimum Gasteiger partial charge on any atom is -0.482 e. The Labute approximate surface area is 105 Å². The van der Waals surface area contributed by atoms with Gasteiger partial charge in [-0.15, -0.1) is 0 Å². The summed E-state index contributed by atoms with van der Waals surface area (Å²) in [6, 6.07) is 4.96. The number of hydrogen-bond donors (Lipinski definition) is 0. The number of fused-ring (bicyclic) bond motifs is 1. The second-order valence-corrected chi connectivity index (χ2v) is 4.01. The zero-order valence-corrected chi connectivity index (χ0v) is 10.4. The number of methoxy groups -OCH3 is 1. The fourth-order valence-electron chi connectivity index (χ4n) is 1.92. The number of carbonyl (C=O) groups excluding carboxylic acids is 2. The third-order valence-electron chi connectivity index (χ3n) is 2.77. The molecule has 0 atom stereocenters. The summed E-state index contributed by atoms with van der Waals surface area (Å²) in [5, 5.41) is 0. The van der Waals surface area contributed by atoms with E-state index in [9.17, 15) is 9.59 Å². The summed E-state index contributed by atoms with van der Waals surface area (Å²) >= 11 is 0. The summed E-state index contributed by atoms with van der Waals surface area (Å²) in [6.07, 6.45) is 0.865. The molecule has 1 aromatic carbocycles. The van der Waals surface area contributed by atoms with Crippen molar-refractivity contribution in [1.29, 1.82) is 0 Å². The topological polar surface area (TPSA) is 55.8 Å². The Morgan fingerprint density at radius 2 is 2.28 bits per heavy atom. The van der Waals surface area contributed by atoms with Crippen molar-refractivity contribution in [2.45, 2.75) is 13.3 Å². The van der Waals surface area contributed by atoms with Crippen LogP contribution in [0.15, 0.2) is 18.2 Å². The highest BCUT2D eigenvalue weighted by molar-refractivity contribution is 5.99. The highest BCUT2D eigenvalue weighted by Gasteiger charge is 2.25. The number of amides is 1. The Bertz CT molecular complexity index is 484. The van der Waals surface area contributed by atoms with Crippen LogP contribution < -0.4 is 9.64 Å². The molecule has 0 unspecified atom stereocenters. The van der Waals surface area contributed by atoms with E-state index in [4.69, 9.17) is 4.74 Å². The average molecular weight is 249 g/mol. The molecule has 1 aliphatic rings. The molecule has 1 aromatic rings. The van der Waals surface area contributed by atoms with Crippen LogP contribution in [0.1, 0.15) is 23.7 Å². The van der Waals surface area contributed by atoms with Crippen molar-refractivity contribution in [3.63, 3.8) is 0 Å². The Balaban J connectivity index is 2.36. The summed E-state index contributed by atoms with van der Waals surface area (Å²) in [5.74, 6) is 0.0708. The molecule has 96 valence electrons. The largest absolute Gasteiger partial charge is 0.482 e. The van der Waals surface area contributed by atoms with Crippen molar-refractivity contribution >= 4 is 17.6 Å². The molecule has 1 amide bonds. The van der Waals surface area contributed by atoms with Gasteiger partial charge in [-0.1, -0.05) is 6.92 Å². The molecule has 0 aromatic heterocycles. The standard InChI is InChI=1S/C13H15NO4/c1-3-6-14-10-5-4-9(13(16)17-2)7-11(10)18-8-12(14)15/h4-5,7H,3,6,8H2,1-2H3. The molecular formula is C13H15NO4. The van der Waals surface area contributed by atoms with Crippen molar-refractivity contribution in [2.24, 2.45) is 0 Å². The predicted molar refractivity (Wildman–Crippen MR) is 65.9 cm³/mol. The van der Waals surface area contributed by atoms with Crippen molar-refractivity contribution in [2.75, 3.05) is 25.2 Å². The van der Waals surface area contributed by atoms with E-state index in [-0.39, 0.29) is 12.5 Å². The number of carbonyl (C=O) groups is 2. The van der Waals surface area contributed by atoms with E-state index in [1.54, 1.807) is 23.1 Å². The molecule has 0 spiro atoms. The monoisotopic (exact) mass is 249 g/mol. The number of ether oxygens (including phenoxy) is 2. The fourth-order valence-corrected chi connectivity index (χ4v) is 1.92. The van der Waals surface area contributed by atoms with Gasteiger partial charge >= 0.3 is 5.97 Å². The lowest BCUT2D eigenvalue weighted by molar-refractivity contribution is -0.121. The second-order valence-electron chi connectivity index (χ2n) is 4.01. The van der Waals surface area contributed by atoms with Gasteiger partial charge in [0.05, 0.1) is 18.4 Å². The van der Waals surface area contributed by atoms with Crippen molar-refractivity contribution < 1.29 is 19.1 Å². The maximum Gasteiger partial charge on any atom is 0.337 e. The van der Waals surface area contributed by atoms with E-state index in [1.165, 1.54) is 7.11 Å². The van der Waals surface area contributed by atoms with Gasteiger partial charge in [-0.3, -0.25) is 4.79 Å². The summed E-state index contributed by atoms with van der Waals surface area (Å²) < 4.78 is 10.00. The van der Waals surface area contributed by atoms with Crippen LogP contribution in [0, 0.1) is 0 Å². The fraction of sp³-hybridized carbons (Fsp3) is 0.385. The maximum absolute atomic E-state index is 11.7. The van der Waals surface area contributed by atoms with Gasteiger partial charge < -0.3 is 14.4 Å². The Morgan fingerprint density at radius 3 is 2.94 bits per heavy atom. The smallest absolute Gasteiger partial charge is 0.337 e. The van der Waals surface area contributed by atoms with Gasteiger partial charge in [0.25, 0.3) is 5.91 Å². The third kappa shape index (κ3) is 2.16.